The van der Waals surface area contributed by atoms with E-state index in [2.05, 4.69) is 4.42 Å². The van der Waals surface area contributed by atoms with Gasteiger partial charge in [0.05, 0.1) is 6.26 Å². The fourth-order valence-electron chi connectivity index (χ4n) is 0.602. The Kier molecular flexibility index (Phi) is 2.02. The van der Waals surface area contributed by atoms with Crippen molar-refractivity contribution in [1.82, 2.24) is 0 Å². The van der Waals surface area contributed by atoms with Crippen LogP contribution in [0.4, 0.5) is 4.39 Å². The fourth-order valence-corrected chi connectivity index (χ4v) is 0.602. The number of rotatable bonds is 2. The molecule has 1 heterocycles. The van der Waals surface area contributed by atoms with Crippen LogP contribution in [0.1, 0.15) is 10.6 Å². The van der Waals surface area contributed by atoms with Crippen molar-refractivity contribution in [2.45, 2.75) is 6.17 Å². The van der Waals surface area contributed by atoms with Gasteiger partial charge in [-0.1, -0.05) is 0 Å². The number of ketones is 1. The molecular formula is C7H4FNO2. The Hall–Kier alpha value is -1.63. The van der Waals surface area contributed by atoms with Gasteiger partial charge in [0.15, 0.2) is 5.76 Å². The molecule has 0 aliphatic heterocycles. The first kappa shape index (κ1) is 7.48. The molecule has 0 N–H and O–H groups in total. The predicted octanol–water partition coefficient (Wildman–Crippen LogP) is 1.32. The van der Waals surface area contributed by atoms with Gasteiger partial charge in [-0.25, -0.2) is 4.39 Å². The van der Waals surface area contributed by atoms with Crippen LogP contribution in [-0.2, 0) is 0 Å². The van der Waals surface area contributed by atoms with Crippen molar-refractivity contribution in [2.24, 2.45) is 0 Å². The van der Waals surface area contributed by atoms with Crippen molar-refractivity contribution < 1.29 is 13.6 Å². The average molecular weight is 153 g/mol. The van der Waals surface area contributed by atoms with Crippen molar-refractivity contribution in [3.63, 3.8) is 0 Å². The molecule has 0 fully saturated rings. The molecule has 0 unspecified atom stereocenters. The van der Waals surface area contributed by atoms with Gasteiger partial charge < -0.3 is 4.42 Å². The lowest BCUT2D eigenvalue weighted by Crippen LogP contribution is -2.12. The molecule has 1 rings (SSSR count). The molecule has 0 amide bonds. The Balaban J connectivity index is 2.81. The second-order valence-electron chi connectivity index (χ2n) is 1.83. The maximum absolute atomic E-state index is 12.3. The normalized spacial score (nSPS) is 12.0. The molecule has 0 aliphatic rings. The van der Waals surface area contributed by atoms with E-state index >= 15 is 0 Å². The SMILES string of the molecule is N#C[C@H](F)C(=O)c1ccco1. The highest BCUT2D eigenvalue weighted by atomic mass is 19.1. The number of Topliss-reactive ketones (excluding diaryl/α,β-unsaturated/α-hetero) is 1. The molecule has 56 valence electrons. The standard InChI is InChI=1S/C7H4FNO2/c8-5(4-9)7(10)6-2-1-3-11-6/h1-3,5H/t5-/m0/s1. The summed E-state index contributed by atoms with van der Waals surface area (Å²) in [5, 5.41) is 8.02. The van der Waals surface area contributed by atoms with Crippen LogP contribution < -0.4 is 0 Å². The molecule has 3 nitrogen and oxygen atoms in total. The second-order valence-corrected chi connectivity index (χ2v) is 1.83. The third-order valence-corrected chi connectivity index (χ3v) is 1.11. The van der Waals surface area contributed by atoms with Gasteiger partial charge in [0, 0.05) is 0 Å². The number of nitriles is 1. The molecule has 4 heteroatoms. The molecule has 1 atom stereocenters. The van der Waals surface area contributed by atoms with Crippen LogP contribution in [-0.4, -0.2) is 12.0 Å². The summed E-state index contributed by atoms with van der Waals surface area (Å²) in [5.74, 6) is -1.06. The van der Waals surface area contributed by atoms with Gasteiger partial charge in [0.25, 0.3) is 6.17 Å². The minimum absolute atomic E-state index is 0.126. The molecule has 0 spiro atoms. The molecule has 0 bridgehead atoms. The quantitative estimate of drug-likeness (QED) is 0.602. The Labute approximate surface area is 62.0 Å². The lowest BCUT2D eigenvalue weighted by Gasteiger charge is -1.91. The number of nitrogens with zero attached hydrogens (tertiary/aromatic N) is 1. The largest absolute Gasteiger partial charge is 0.461 e. The van der Waals surface area contributed by atoms with E-state index in [1.807, 2.05) is 0 Å². The molecular weight excluding hydrogens is 149 g/mol. The molecule has 0 saturated heterocycles. The number of carbonyl (C=O) groups excluding carboxylic acids is 1. The van der Waals surface area contributed by atoms with Gasteiger partial charge >= 0.3 is 0 Å². The summed E-state index contributed by atoms with van der Waals surface area (Å²) in [6.07, 6.45) is -0.877. The second kappa shape index (κ2) is 2.97. The fraction of sp³-hybridized carbons (Fsp3) is 0.143. The van der Waals surface area contributed by atoms with E-state index in [1.165, 1.54) is 24.5 Å². The molecule has 0 aromatic carbocycles. The van der Waals surface area contributed by atoms with E-state index < -0.39 is 12.0 Å². The summed E-state index contributed by atoms with van der Waals surface area (Å²) in [6, 6.07) is 3.94. The topological polar surface area (TPSA) is 54.0 Å². The van der Waals surface area contributed by atoms with Crippen molar-refractivity contribution in [1.29, 1.82) is 5.26 Å². The minimum atomic E-state index is -2.12. The van der Waals surface area contributed by atoms with E-state index in [0.29, 0.717) is 0 Å². The van der Waals surface area contributed by atoms with Crippen molar-refractivity contribution in [2.75, 3.05) is 0 Å². The zero-order valence-corrected chi connectivity index (χ0v) is 5.45. The molecule has 11 heavy (non-hydrogen) atoms. The number of hydrogen-bond acceptors (Lipinski definition) is 3. The first-order valence-electron chi connectivity index (χ1n) is 2.87. The van der Waals surface area contributed by atoms with Crippen LogP contribution in [0.25, 0.3) is 0 Å². The summed E-state index contributed by atoms with van der Waals surface area (Å²) >= 11 is 0. The highest BCUT2D eigenvalue weighted by Gasteiger charge is 2.20. The van der Waals surface area contributed by atoms with Gasteiger partial charge in [0.1, 0.15) is 6.07 Å². The number of hydrogen-bond donors (Lipinski definition) is 0. The molecule has 0 radical (unpaired) electrons. The summed E-state index contributed by atoms with van der Waals surface area (Å²) in [6.45, 7) is 0. The number of alkyl halides is 1. The monoisotopic (exact) mass is 153 g/mol. The summed E-state index contributed by atoms with van der Waals surface area (Å²) in [4.78, 5) is 10.7. The average Bonchev–Trinajstić information content (AvgIpc) is 2.53. The van der Waals surface area contributed by atoms with E-state index in [-0.39, 0.29) is 5.76 Å². The number of furan rings is 1. The van der Waals surface area contributed by atoms with Crippen molar-refractivity contribution in [3.05, 3.63) is 24.2 Å². The summed E-state index contributed by atoms with van der Waals surface area (Å²) < 4.78 is 16.9. The number of halogens is 1. The van der Waals surface area contributed by atoms with E-state index in [9.17, 15) is 9.18 Å². The van der Waals surface area contributed by atoms with Gasteiger partial charge in [-0.3, -0.25) is 4.79 Å². The smallest absolute Gasteiger partial charge is 0.251 e. The molecule has 0 saturated carbocycles. The maximum atomic E-state index is 12.3. The maximum Gasteiger partial charge on any atom is 0.251 e. The summed E-state index contributed by atoms with van der Waals surface area (Å²) in [7, 11) is 0. The zero-order chi connectivity index (χ0) is 8.27. The highest BCUT2D eigenvalue weighted by molar-refractivity contribution is 5.98. The van der Waals surface area contributed by atoms with Crippen LogP contribution >= 0.6 is 0 Å². The molecule has 1 aromatic heterocycles. The molecule has 1 aromatic rings. The Morgan fingerprint density at radius 3 is 3.00 bits per heavy atom. The third-order valence-electron chi connectivity index (χ3n) is 1.11. The Bertz CT molecular complexity index is 286. The third kappa shape index (κ3) is 1.44. The highest BCUT2D eigenvalue weighted by Crippen LogP contribution is 2.05. The first-order chi connectivity index (χ1) is 5.25. The van der Waals surface area contributed by atoms with E-state index in [0.717, 1.165) is 0 Å². The van der Waals surface area contributed by atoms with E-state index in [4.69, 9.17) is 5.26 Å². The minimum Gasteiger partial charge on any atom is -0.461 e. The Morgan fingerprint density at radius 1 is 1.82 bits per heavy atom. The summed E-state index contributed by atoms with van der Waals surface area (Å²) in [5.41, 5.74) is 0. The van der Waals surface area contributed by atoms with Crippen LogP contribution in [0, 0.1) is 11.3 Å². The zero-order valence-electron chi connectivity index (χ0n) is 5.45. The number of carbonyl (C=O) groups is 1. The predicted molar refractivity (Wildman–Crippen MR) is 33.5 cm³/mol. The van der Waals surface area contributed by atoms with Gasteiger partial charge in [-0.2, -0.15) is 5.26 Å². The van der Waals surface area contributed by atoms with Crippen LogP contribution in [0.15, 0.2) is 22.8 Å². The van der Waals surface area contributed by atoms with E-state index in [1.54, 1.807) is 0 Å². The Morgan fingerprint density at radius 2 is 2.55 bits per heavy atom. The lowest BCUT2D eigenvalue weighted by atomic mass is 10.2. The van der Waals surface area contributed by atoms with Crippen molar-refractivity contribution in [3.8, 4) is 6.07 Å². The van der Waals surface area contributed by atoms with Crippen LogP contribution in [0.2, 0.25) is 0 Å². The lowest BCUT2D eigenvalue weighted by molar-refractivity contribution is 0.0890. The molecule has 0 aliphatic carbocycles. The van der Waals surface area contributed by atoms with Gasteiger partial charge in [0.2, 0.25) is 5.78 Å². The van der Waals surface area contributed by atoms with Crippen LogP contribution in [0.5, 0.6) is 0 Å². The van der Waals surface area contributed by atoms with Gasteiger partial charge in [-0.15, -0.1) is 0 Å². The van der Waals surface area contributed by atoms with Gasteiger partial charge in [-0.05, 0) is 12.1 Å². The van der Waals surface area contributed by atoms with Crippen LogP contribution in [0.3, 0.4) is 0 Å². The first-order valence-corrected chi connectivity index (χ1v) is 2.87. The van der Waals surface area contributed by atoms with Crippen molar-refractivity contribution >= 4 is 5.78 Å².